The Morgan fingerprint density at radius 3 is 1.70 bits per heavy atom. The van der Waals surface area contributed by atoms with Gasteiger partial charge in [0, 0.05) is 5.02 Å². The van der Waals surface area contributed by atoms with Gasteiger partial charge in [-0.2, -0.15) is 0 Å². The maximum Gasteiger partial charge on any atom is 0.0913 e. The van der Waals surface area contributed by atoms with Crippen LogP contribution in [0.25, 0.3) is 0 Å². The van der Waals surface area contributed by atoms with E-state index in [0.717, 1.165) is 0 Å². The zero-order valence-corrected chi connectivity index (χ0v) is 14.1. The van der Waals surface area contributed by atoms with Crippen LogP contribution in [0.1, 0.15) is 0 Å². The van der Waals surface area contributed by atoms with Crippen LogP contribution in [0.3, 0.4) is 0 Å². The van der Waals surface area contributed by atoms with Gasteiger partial charge in [-0.05, 0) is 24.3 Å². The molecule has 0 radical (unpaired) electrons. The molecule has 0 unspecified atom stereocenters. The van der Waals surface area contributed by atoms with Crippen LogP contribution in [0.15, 0.2) is 24.3 Å². The van der Waals surface area contributed by atoms with Gasteiger partial charge in [-0.15, -0.1) is 0 Å². The van der Waals surface area contributed by atoms with Crippen molar-refractivity contribution in [2.75, 3.05) is 10.9 Å². The van der Waals surface area contributed by atoms with Gasteiger partial charge in [0.05, 0.1) is 36.5 Å². The minimum Gasteiger partial charge on any atom is -0.299 e. The molecule has 0 aliphatic rings. The van der Waals surface area contributed by atoms with Crippen LogP contribution in [-0.4, -0.2) is 0 Å². The first-order chi connectivity index (χ1) is 9.38. The zero-order valence-electron chi connectivity index (χ0n) is 9.58. The summed E-state index contributed by atoms with van der Waals surface area (Å²) in [5, 5.41) is 2.31. The number of benzene rings is 2. The normalized spacial score (nSPS) is 10.5. The predicted molar refractivity (Wildman–Crippen MR) is 90.2 cm³/mol. The van der Waals surface area contributed by atoms with Crippen LogP contribution in [0.5, 0.6) is 0 Å². The fourth-order valence-corrected chi connectivity index (χ4v) is 2.92. The van der Waals surface area contributed by atoms with Crippen molar-refractivity contribution in [1.82, 2.24) is 0 Å². The number of hydrogen-bond acceptors (Lipinski definition) is 2. The van der Waals surface area contributed by atoms with Crippen molar-refractivity contribution in [3.05, 3.63) is 54.4 Å². The van der Waals surface area contributed by atoms with Gasteiger partial charge < -0.3 is 0 Å². The Morgan fingerprint density at radius 2 is 1.10 bits per heavy atom. The first-order valence-electron chi connectivity index (χ1n) is 5.19. The van der Waals surface area contributed by atoms with E-state index in [9.17, 15) is 0 Å². The second-order valence-electron chi connectivity index (χ2n) is 3.74. The largest absolute Gasteiger partial charge is 0.299 e. The van der Waals surface area contributed by atoms with Crippen LogP contribution in [0, 0.1) is 0 Å². The van der Waals surface area contributed by atoms with Gasteiger partial charge in [0.1, 0.15) is 0 Å². The van der Waals surface area contributed by atoms with Crippen molar-refractivity contribution >= 4 is 81.0 Å². The average molecular weight is 391 g/mol. The van der Waals surface area contributed by atoms with Crippen LogP contribution in [0.2, 0.25) is 30.1 Å². The molecule has 0 spiro atoms. The van der Waals surface area contributed by atoms with E-state index >= 15 is 0 Å². The highest BCUT2D eigenvalue weighted by molar-refractivity contribution is 6.44. The predicted octanol–water partition coefficient (Wildman–Crippen LogP) is 7.05. The van der Waals surface area contributed by atoms with Crippen molar-refractivity contribution in [3.8, 4) is 0 Å². The number of rotatable bonds is 3. The van der Waals surface area contributed by atoms with E-state index in [1.165, 1.54) is 6.07 Å². The molecule has 2 aromatic rings. The van der Waals surface area contributed by atoms with Gasteiger partial charge >= 0.3 is 0 Å². The second-order valence-corrected chi connectivity index (χ2v) is 6.21. The molecule has 2 N–H and O–H groups in total. The number of hydrogen-bond donors (Lipinski definition) is 2. The lowest BCUT2D eigenvalue weighted by Crippen LogP contribution is -2.10. The summed E-state index contributed by atoms with van der Waals surface area (Å²) in [6.45, 7) is 0. The molecule has 2 nitrogen and oxygen atoms in total. The number of halogens is 6. The molecule has 0 fully saturated rings. The summed E-state index contributed by atoms with van der Waals surface area (Å²) >= 11 is 35.7. The van der Waals surface area contributed by atoms with E-state index in [1.807, 2.05) is 0 Å². The Balaban J connectivity index is 2.23. The third-order valence-corrected chi connectivity index (χ3v) is 4.19. The highest BCUT2D eigenvalue weighted by Gasteiger charge is 2.09. The van der Waals surface area contributed by atoms with Gasteiger partial charge in [0.2, 0.25) is 0 Å². The Kier molecular flexibility index (Phi) is 5.41. The zero-order chi connectivity index (χ0) is 14.9. The maximum atomic E-state index is 6.05. The summed E-state index contributed by atoms with van der Waals surface area (Å²) in [5.41, 5.74) is 6.72. The smallest absolute Gasteiger partial charge is 0.0913 e. The number of anilines is 2. The molecule has 20 heavy (non-hydrogen) atoms. The number of nitrogens with one attached hydrogen (secondary N) is 2. The molecule has 0 amide bonds. The summed E-state index contributed by atoms with van der Waals surface area (Å²) in [6.07, 6.45) is 0. The van der Waals surface area contributed by atoms with Gasteiger partial charge in [-0.3, -0.25) is 10.9 Å². The van der Waals surface area contributed by atoms with Crippen molar-refractivity contribution in [3.63, 3.8) is 0 Å². The highest BCUT2D eigenvalue weighted by atomic mass is 35.5. The van der Waals surface area contributed by atoms with Crippen molar-refractivity contribution in [1.29, 1.82) is 0 Å². The molecule has 8 heteroatoms. The lowest BCUT2D eigenvalue weighted by atomic mass is 10.3. The first-order valence-corrected chi connectivity index (χ1v) is 7.46. The molecule has 0 saturated carbocycles. The molecule has 2 aromatic carbocycles. The number of hydrazine groups is 1. The quantitative estimate of drug-likeness (QED) is 0.433. The van der Waals surface area contributed by atoms with Crippen LogP contribution < -0.4 is 10.9 Å². The van der Waals surface area contributed by atoms with E-state index in [0.29, 0.717) is 41.5 Å². The van der Waals surface area contributed by atoms with Crippen LogP contribution in [-0.2, 0) is 0 Å². The third kappa shape index (κ3) is 3.70. The van der Waals surface area contributed by atoms with Crippen molar-refractivity contribution in [2.45, 2.75) is 0 Å². The fourth-order valence-electron chi connectivity index (χ4n) is 1.41. The van der Waals surface area contributed by atoms with E-state index in [-0.39, 0.29) is 0 Å². The molecule has 0 saturated heterocycles. The summed E-state index contributed by atoms with van der Waals surface area (Å²) in [5.74, 6) is 0. The first kappa shape index (κ1) is 16.2. The Morgan fingerprint density at radius 1 is 0.550 bits per heavy atom. The standard InChI is InChI=1S/C12H6Cl6N2/c13-5-1-9(17)12(10(18)2-5)20-19-11-4-7(15)6(14)3-8(11)16/h1-4,19-20H. The molecule has 106 valence electrons. The summed E-state index contributed by atoms with van der Waals surface area (Å²) in [4.78, 5) is 0. The van der Waals surface area contributed by atoms with Crippen LogP contribution in [0.4, 0.5) is 11.4 Å². The minimum atomic E-state index is 0.366. The van der Waals surface area contributed by atoms with E-state index in [1.54, 1.807) is 18.2 Å². The van der Waals surface area contributed by atoms with E-state index in [4.69, 9.17) is 69.6 Å². The molecule has 0 atom stereocenters. The molecule has 0 aliphatic heterocycles. The Hall–Kier alpha value is -0.220. The van der Waals surface area contributed by atoms with Gasteiger partial charge in [0.15, 0.2) is 0 Å². The van der Waals surface area contributed by atoms with Gasteiger partial charge in [0.25, 0.3) is 0 Å². The molecule has 0 aromatic heterocycles. The lowest BCUT2D eigenvalue weighted by molar-refractivity contribution is 1.41. The van der Waals surface area contributed by atoms with Crippen LogP contribution >= 0.6 is 69.6 Å². The molecule has 0 aliphatic carbocycles. The second kappa shape index (κ2) is 6.69. The summed E-state index contributed by atoms with van der Waals surface area (Å²) < 4.78 is 0. The molecule has 0 bridgehead atoms. The van der Waals surface area contributed by atoms with Gasteiger partial charge in [-0.1, -0.05) is 69.6 Å². The lowest BCUT2D eigenvalue weighted by Gasteiger charge is -2.14. The average Bonchev–Trinajstić information content (AvgIpc) is 2.33. The molecular weight excluding hydrogens is 385 g/mol. The Bertz CT molecular complexity index is 636. The van der Waals surface area contributed by atoms with E-state index < -0.39 is 0 Å². The minimum absolute atomic E-state index is 0.366. The third-order valence-electron chi connectivity index (χ3n) is 2.34. The summed E-state index contributed by atoms with van der Waals surface area (Å²) in [7, 11) is 0. The topological polar surface area (TPSA) is 24.1 Å². The molecular formula is C12H6Cl6N2. The van der Waals surface area contributed by atoms with E-state index in [2.05, 4.69) is 10.9 Å². The van der Waals surface area contributed by atoms with Gasteiger partial charge in [-0.25, -0.2) is 0 Å². The molecule has 0 heterocycles. The summed E-state index contributed by atoms with van der Waals surface area (Å²) in [6, 6.07) is 6.24. The SMILES string of the molecule is Clc1cc(Cl)c(NNc2cc(Cl)c(Cl)cc2Cl)c(Cl)c1. The van der Waals surface area contributed by atoms with Crippen molar-refractivity contribution < 1.29 is 0 Å². The maximum absolute atomic E-state index is 6.05. The Labute approximate surface area is 145 Å². The fraction of sp³-hybridized carbons (Fsp3) is 0. The monoisotopic (exact) mass is 388 g/mol. The highest BCUT2D eigenvalue weighted by Crippen LogP contribution is 2.35. The van der Waals surface area contributed by atoms with Crippen molar-refractivity contribution in [2.24, 2.45) is 0 Å². The molecule has 2 rings (SSSR count).